The Labute approximate surface area is 185 Å². The number of carbonyl (C=O) groups is 1. The largest absolute Gasteiger partial charge is 0.444 e. The number of amides is 1. The molecule has 1 amide bonds. The number of guanidine groups is 1. The molecule has 28 heavy (non-hydrogen) atoms. The summed E-state index contributed by atoms with van der Waals surface area (Å²) in [6.45, 7) is 14.2. The van der Waals surface area contributed by atoms with E-state index in [2.05, 4.69) is 35.1 Å². The molecule has 1 heterocycles. The van der Waals surface area contributed by atoms with E-state index in [1.54, 1.807) is 4.90 Å². The highest BCUT2D eigenvalue weighted by Gasteiger charge is 2.25. The third kappa shape index (κ3) is 8.64. The maximum absolute atomic E-state index is 12.1. The summed E-state index contributed by atoms with van der Waals surface area (Å²) in [7, 11) is 0. The van der Waals surface area contributed by atoms with Crippen LogP contribution < -0.4 is 11.1 Å². The van der Waals surface area contributed by atoms with Gasteiger partial charge in [-0.3, -0.25) is 9.89 Å². The topological polar surface area (TPSA) is 83.2 Å². The number of aliphatic imine (C=N–C) groups is 1. The molecule has 0 bridgehead atoms. The van der Waals surface area contributed by atoms with Crippen molar-refractivity contribution in [1.82, 2.24) is 9.80 Å². The second-order valence-corrected chi connectivity index (χ2v) is 8.08. The molecule has 0 unspecified atom stereocenters. The van der Waals surface area contributed by atoms with Crippen molar-refractivity contribution in [1.29, 1.82) is 0 Å². The predicted octanol–water partition coefficient (Wildman–Crippen LogP) is 3.20. The molecular formula is C20H34IN5O2. The molecular weight excluding hydrogens is 469 g/mol. The minimum Gasteiger partial charge on any atom is -0.444 e. The van der Waals surface area contributed by atoms with Crippen molar-refractivity contribution in [3.63, 3.8) is 0 Å². The van der Waals surface area contributed by atoms with Crippen molar-refractivity contribution >= 4 is 41.7 Å². The number of carbonyl (C=O) groups excluding carboxylic acids is 1. The molecule has 1 aromatic carbocycles. The summed E-state index contributed by atoms with van der Waals surface area (Å²) in [4.78, 5) is 20.5. The molecule has 0 saturated carbocycles. The van der Waals surface area contributed by atoms with Crippen LogP contribution in [0, 0.1) is 13.8 Å². The van der Waals surface area contributed by atoms with Gasteiger partial charge in [0.2, 0.25) is 0 Å². The van der Waals surface area contributed by atoms with Crippen molar-refractivity contribution < 1.29 is 9.53 Å². The number of benzene rings is 1. The summed E-state index contributed by atoms with van der Waals surface area (Å²) in [5.74, 6) is 0.424. The molecule has 3 N–H and O–H groups in total. The monoisotopic (exact) mass is 503 g/mol. The minimum absolute atomic E-state index is 0. The van der Waals surface area contributed by atoms with E-state index in [4.69, 9.17) is 10.5 Å². The fourth-order valence-electron chi connectivity index (χ4n) is 3.03. The van der Waals surface area contributed by atoms with Gasteiger partial charge in [0.1, 0.15) is 5.60 Å². The van der Waals surface area contributed by atoms with Gasteiger partial charge in [-0.2, -0.15) is 0 Å². The molecule has 1 fully saturated rings. The third-order valence-corrected chi connectivity index (χ3v) is 4.22. The Bertz CT molecular complexity index is 659. The molecule has 7 nitrogen and oxygen atoms in total. The van der Waals surface area contributed by atoms with Gasteiger partial charge in [-0.15, -0.1) is 24.0 Å². The molecule has 158 valence electrons. The van der Waals surface area contributed by atoms with Crippen LogP contribution in [0.15, 0.2) is 23.2 Å². The Kier molecular flexibility index (Phi) is 9.49. The third-order valence-electron chi connectivity index (χ3n) is 4.22. The lowest BCUT2D eigenvalue weighted by atomic mass is 10.1. The van der Waals surface area contributed by atoms with Gasteiger partial charge in [-0.1, -0.05) is 6.07 Å². The summed E-state index contributed by atoms with van der Waals surface area (Å²) < 4.78 is 5.42. The van der Waals surface area contributed by atoms with Crippen LogP contribution in [0.1, 0.15) is 31.9 Å². The van der Waals surface area contributed by atoms with Crippen molar-refractivity contribution in [3.05, 3.63) is 29.3 Å². The van der Waals surface area contributed by atoms with Gasteiger partial charge in [0.15, 0.2) is 5.96 Å². The smallest absolute Gasteiger partial charge is 0.410 e. The molecule has 1 aromatic rings. The normalized spacial score (nSPS) is 15.8. The Morgan fingerprint density at radius 2 is 1.71 bits per heavy atom. The van der Waals surface area contributed by atoms with Crippen LogP contribution in [0.2, 0.25) is 0 Å². The van der Waals surface area contributed by atoms with Crippen LogP contribution in [-0.4, -0.2) is 66.7 Å². The summed E-state index contributed by atoms with van der Waals surface area (Å²) in [5, 5.41) is 3.14. The van der Waals surface area contributed by atoms with E-state index in [-0.39, 0.29) is 30.1 Å². The second-order valence-electron chi connectivity index (χ2n) is 8.08. The highest BCUT2D eigenvalue weighted by Crippen LogP contribution is 2.13. The van der Waals surface area contributed by atoms with E-state index in [0.717, 1.165) is 25.3 Å². The molecule has 1 aliphatic rings. The van der Waals surface area contributed by atoms with Crippen LogP contribution in [-0.2, 0) is 4.74 Å². The van der Waals surface area contributed by atoms with Gasteiger partial charge >= 0.3 is 6.09 Å². The molecule has 0 radical (unpaired) electrons. The number of rotatable bonds is 4. The lowest BCUT2D eigenvalue weighted by Gasteiger charge is -2.35. The van der Waals surface area contributed by atoms with E-state index in [9.17, 15) is 4.79 Å². The average molecular weight is 503 g/mol. The van der Waals surface area contributed by atoms with Crippen LogP contribution in [0.5, 0.6) is 0 Å². The summed E-state index contributed by atoms with van der Waals surface area (Å²) in [6, 6.07) is 6.21. The molecule has 2 rings (SSSR count). The zero-order valence-electron chi connectivity index (χ0n) is 17.6. The fraction of sp³-hybridized carbons (Fsp3) is 0.600. The predicted molar refractivity (Wildman–Crippen MR) is 126 cm³/mol. The molecule has 1 saturated heterocycles. The van der Waals surface area contributed by atoms with E-state index in [0.29, 0.717) is 25.6 Å². The van der Waals surface area contributed by atoms with Crippen LogP contribution in [0.3, 0.4) is 0 Å². The summed E-state index contributed by atoms with van der Waals surface area (Å²) in [5.41, 5.74) is 8.87. The summed E-state index contributed by atoms with van der Waals surface area (Å²) in [6.07, 6.45) is -0.234. The number of ether oxygens (including phenoxy) is 1. The first-order valence-corrected chi connectivity index (χ1v) is 9.48. The van der Waals surface area contributed by atoms with E-state index >= 15 is 0 Å². The lowest BCUT2D eigenvalue weighted by Crippen LogP contribution is -2.50. The maximum Gasteiger partial charge on any atom is 0.410 e. The number of halogens is 1. The number of hydrogen-bond donors (Lipinski definition) is 2. The van der Waals surface area contributed by atoms with Crippen molar-refractivity contribution in [2.45, 2.75) is 40.2 Å². The SMILES string of the molecule is Cc1cc(C)cc(NC(N)=NCCN2CCN(C(=O)OC(C)(C)C)CC2)c1.I. The molecule has 0 spiro atoms. The Morgan fingerprint density at radius 3 is 2.25 bits per heavy atom. The van der Waals surface area contributed by atoms with Crippen molar-refractivity contribution in [3.8, 4) is 0 Å². The molecule has 0 aromatic heterocycles. The molecule has 1 aliphatic heterocycles. The number of hydrogen-bond acceptors (Lipinski definition) is 4. The fourth-order valence-corrected chi connectivity index (χ4v) is 3.03. The summed E-state index contributed by atoms with van der Waals surface area (Å²) >= 11 is 0. The quantitative estimate of drug-likeness (QED) is 0.375. The van der Waals surface area contributed by atoms with Crippen LogP contribution in [0.25, 0.3) is 0 Å². The zero-order valence-corrected chi connectivity index (χ0v) is 19.9. The average Bonchev–Trinajstić information content (AvgIpc) is 2.52. The van der Waals surface area contributed by atoms with Crippen molar-refractivity contribution in [2.24, 2.45) is 10.7 Å². The van der Waals surface area contributed by atoms with Gasteiger partial charge < -0.3 is 20.7 Å². The van der Waals surface area contributed by atoms with Gasteiger partial charge in [-0.05, 0) is 57.9 Å². The first-order chi connectivity index (χ1) is 12.6. The standard InChI is InChI=1S/C20H33N5O2.HI/c1-15-12-16(2)14-17(13-15)23-18(21)22-6-7-24-8-10-25(11-9-24)19(26)27-20(3,4)5;/h12-14H,6-11H2,1-5H3,(H3,21,22,23);1H. The number of anilines is 1. The molecule has 0 atom stereocenters. The van der Waals surface area contributed by atoms with E-state index in [1.165, 1.54) is 11.1 Å². The number of nitrogens with zero attached hydrogens (tertiary/aromatic N) is 3. The van der Waals surface area contributed by atoms with E-state index < -0.39 is 5.60 Å². The number of nitrogens with two attached hydrogens (primary N) is 1. The van der Waals surface area contributed by atoms with Crippen molar-refractivity contribution in [2.75, 3.05) is 44.6 Å². The zero-order chi connectivity index (χ0) is 20.0. The van der Waals surface area contributed by atoms with E-state index in [1.807, 2.05) is 32.9 Å². The van der Waals surface area contributed by atoms with Crippen LogP contribution in [0.4, 0.5) is 10.5 Å². The minimum atomic E-state index is -0.455. The van der Waals surface area contributed by atoms with Crippen LogP contribution >= 0.6 is 24.0 Å². The number of nitrogens with one attached hydrogen (secondary N) is 1. The highest BCUT2D eigenvalue weighted by atomic mass is 127. The lowest BCUT2D eigenvalue weighted by molar-refractivity contribution is 0.0148. The number of piperazine rings is 1. The Balaban J connectivity index is 0.00000392. The Morgan fingerprint density at radius 1 is 1.14 bits per heavy atom. The van der Waals surface area contributed by atoms with Gasteiger partial charge in [0, 0.05) is 38.4 Å². The first-order valence-electron chi connectivity index (χ1n) is 9.48. The Hall–Kier alpha value is -1.55. The first kappa shape index (κ1) is 24.5. The second kappa shape index (κ2) is 10.8. The molecule has 8 heteroatoms. The highest BCUT2D eigenvalue weighted by molar-refractivity contribution is 14.0. The maximum atomic E-state index is 12.1. The number of aryl methyl sites for hydroxylation is 2. The van der Waals surface area contributed by atoms with Gasteiger partial charge in [0.25, 0.3) is 0 Å². The molecule has 0 aliphatic carbocycles. The van der Waals surface area contributed by atoms with Gasteiger partial charge in [-0.25, -0.2) is 4.79 Å². The van der Waals surface area contributed by atoms with Gasteiger partial charge in [0.05, 0.1) is 6.54 Å².